The fraction of sp³-hybridized carbons (Fsp3) is 0.600. The summed E-state index contributed by atoms with van der Waals surface area (Å²) in [7, 11) is 0. The normalized spacial score (nSPS) is 15.2. The molecule has 1 aliphatic rings. The Labute approximate surface area is 109 Å². The Hall–Kier alpha value is -1.06. The molecule has 3 heteroatoms. The van der Waals surface area contributed by atoms with Gasteiger partial charge in [0.15, 0.2) is 5.75 Å². The zero-order valence-corrected chi connectivity index (χ0v) is 11.4. The second kappa shape index (κ2) is 6.76. The van der Waals surface area contributed by atoms with Gasteiger partial charge in [-0.15, -0.1) is 0 Å². The summed E-state index contributed by atoms with van der Waals surface area (Å²) in [5.74, 6) is 0.868. The van der Waals surface area contributed by atoms with Crippen molar-refractivity contribution in [3.63, 3.8) is 0 Å². The SMILES string of the molecule is CCCNC(CCC)Cc1ccc2c(c1)COO2. The van der Waals surface area contributed by atoms with Gasteiger partial charge in [0.25, 0.3) is 0 Å². The first-order chi connectivity index (χ1) is 8.83. The molecule has 1 N–H and O–H groups in total. The first kappa shape index (κ1) is 13.4. The van der Waals surface area contributed by atoms with E-state index in [4.69, 9.17) is 9.78 Å². The third-order valence-electron chi connectivity index (χ3n) is 3.29. The fourth-order valence-corrected chi connectivity index (χ4v) is 2.37. The van der Waals surface area contributed by atoms with E-state index in [1.807, 2.05) is 6.07 Å². The highest BCUT2D eigenvalue weighted by Crippen LogP contribution is 2.27. The molecule has 0 radical (unpaired) electrons. The van der Waals surface area contributed by atoms with E-state index in [9.17, 15) is 0 Å². The quantitative estimate of drug-likeness (QED) is 0.753. The minimum Gasteiger partial charge on any atom is -0.337 e. The minimum absolute atomic E-state index is 0.573. The second-order valence-corrected chi connectivity index (χ2v) is 4.93. The first-order valence-electron chi connectivity index (χ1n) is 6.98. The molecule has 1 aromatic carbocycles. The van der Waals surface area contributed by atoms with Crippen LogP contribution < -0.4 is 10.2 Å². The van der Waals surface area contributed by atoms with E-state index in [1.54, 1.807) is 0 Å². The highest BCUT2D eigenvalue weighted by Gasteiger charge is 2.15. The van der Waals surface area contributed by atoms with E-state index in [1.165, 1.54) is 30.4 Å². The van der Waals surface area contributed by atoms with Crippen LogP contribution in [0.2, 0.25) is 0 Å². The molecular weight excluding hydrogens is 226 g/mol. The molecule has 1 heterocycles. The summed E-state index contributed by atoms with van der Waals surface area (Å²) < 4.78 is 0. The van der Waals surface area contributed by atoms with Crippen molar-refractivity contribution in [1.29, 1.82) is 0 Å². The summed E-state index contributed by atoms with van der Waals surface area (Å²) in [6.45, 7) is 6.12. The summed E-state index contributed by atoms with van der Waals surface area (Å²) in [5, 5.41) is 3.62. The fourth-order valence-electron chi connectivity index (χ4n) is 2.37. The molecule has 1 unspecified atom stereocenters. The van der Waals surface area contributed by atoms with Gasteiger partial charge in [0, 0.05) is 11.6 Å². The van der Waals surface area contributed by atoms with Crippen LogP contribution in [-0.2, 0) is 17.9 Å². The number of hydrogen-bond acceptors (Lipinski definition) is 3. The maximum Gasteiger partial charge on any atom is 0.171 e. The minimum atomic E-state index is 0.573. The van der Waals surface area contributed by atoms with E-state index < -0.39 is 0 Å². The number of hydrogen-bond donors (Lipinski definition) is 1. The Kier molecular flexibility index (Phi) is 5.02. The molecule has 0 aliphatic carbocycles. The summed E-state index contributed by atoms with van der Waals surface area (Å²) >= 11 is 0. The molecule has 0 spiro atoms. The molecule has 1 atom stereocenters. The van der Waals surface area contributed by atoms with Crippen molar-refractivity contribution in [2.75, 3.05) is 6.54 Å². The Morgan fingerprint density at radius 1 is 1.28 bits per heavy atom. The molecule has 1 aromatic rings. The molecule has 1 aliphatic heterocycles. The van der Waals surface area contributed by atoms with Gasteiger partial charge in [-0.1, -0.05) is 26.3 Å². The molecule has 2 rings (SSSR count). The summed E-state index contributed by atoms with van der Waals surface area (Å²) in [6.07, 6.45) is 4.72. The molecule has 0 saturated heterocycles. The highest BCUT2D eigenvalue weighted by molar-refractivity contribution is 5.38. The Balaban J connectivity index is 1.97. The lowest BCUT2D eigenvalue weighted by molar-refractivity contribution is -0.194. The van der Waals surface area contributed by atoms with Crippen LogP contribution in [0.1, 0.15) is 44.2 Å². The van der Waals surface area contributed by atoms with E-state index in [0.717, 1.165) is 18.7 Å². The van der Waals surface area contributed by atoms with Crippen molar-refractivity contribution in [1.82, 2.24) is 5.32 Å². The Morgan fingerprint density at radius 3 is 2.94 bits per heavy atom. The first-order valence-corrected chi connectivity index (χ1v) is 6.98. The van der Waals surface area contributed by atoms with Gasteiger partial charge in [-0.3, -0.25) is 0 Å². The van der Waals surface area contributed by atoms with Crippen molar-refractivity contribution in [2.24, 2.45) is 0 Å². The molecule has 100 valence electrons. The standard InChI is InChI=1S/C15H23NO2/c1-3-5-14(16-8-4-2)10-12-6-7-15-13(9-12)11-17-18-15/h6-7,9,14,16H,3-5,8,10-11H2,1-2H3. The summed E-state index contributed by atoms with van der Waals surface area (Å²) in [5.41, 5.74) is 2.53. The molecule has 0 amide bonds. The Bertz CT molecular complexity index is 379. The predicted molar refractivity (Wildman–Crippen MR) is 72.6 cm³/mol. The van der Waals surface area contributed by atoms with Gasteiger partial charge in [0.1, 0.15) is 6.61 Å². The number of benzene rings is 1. The van der Waals surface area contributed by atoms with Crippen LogP contribution in [0.3, 0.4) is 0 Å². The number of rotatable bonds is 7. The Morgan fingerprint density at radius 2 is 2.17 bits per heavy atom. The molecule has 3 nitrogen and oxygen atoms in total. The van der Waals surface area contributed by atoms with E-state index in [-0.39, 0.29) is 0 Å². The largest absolute Gasteiger partial charge is 0.337 e. The van der Waals surface area contributed by atoms with Crippen LogP contribution in [0.15, 0.2) is 18.2 Å². The van der Waals surface area contributed by atoms with Gasteiger partial charge in [-0.05, 0) is 43.5 Å². The lowest BCUT2D eigenvalue weighted by atomic mass is 10.00. The van der Waals surface area contributed by atoms with Gasteiger partial charge in [-0.2, -0.15) is 4.89 Å². The monoisotopic (exact) mass is 249 g/mol. The van der Waals surface area contributed by atoms with E-state index in [2.05, 4.69) is 31.3 Å². The van der Waals surface area contributed by atoms with Crippen molar-refractivity contribution >= 4 is 0 Å². The topological polar surface area (TPSA) is 30.5 Å². The van der Waals surface area contributed by atoms with Crippen molar-refractivity contribution in [3.8, 4) is 5.75 Å². The molecule has 0 aromatic heterocycles. The molecule has 0 saturated carbocycles. The highest BCUT2D eigenvalue weighted by atomic mass is 17.2. The average molecular weight is 249 g/mol. The van der Waals surface area contributed by atoms with Crippen molar-refractivity contribution in [3.05, 3.63) is 29.3 Å². The maximum atomic E-state index is 5.06. The van der Waals surface area contributed by atoms with Crippen LogP contribution in [0.4, 0.5) is 0 Å². The van der Waals surface area contributed by atoms with E-state index >= 15 is 0 Å². The lowest BCUT2D eigenvalue weighted by Gasteiger charge is -2.18. The zero-order valence-electron chi connectivity index (χ0n) is 11.4. The molecular formula is C15H23NO2. The second-order valence-electron chi connectivity index (χ2n) is 4.93. The molecule has 18 heavy (non-hydrogen) atoms. The maximum absolute atomic E-state index is 5.06. The van der Waals surface area contributed by atoms with Crippen LogP contribution in [0.25, 0.3) is 0 Å². The van der Waals surface area contributed by atoms with E-state index in [0.29, 0.717) is 12.6 Å². The molecule has 0 bridgehead atoms. The van der Waals surface area contributed by atoms with Gasteiger partial charge in [0.05, 0.1) is 0 Å². The number of fused-ring (bicyclic) bond motifs is 1. The predicted octanol–water partition coefficient (Wildman–Crippen LogP) is 3.22. The molecule has 0 fully saturated rings. The van der Waals surface area contributed by atoms with Gasteiger partial charge >= 0.3 is 0 Å². The van der Waals surface area contributed by atoms with Gasteiger partial charge in [0.2, 0.25) is 0 Å². The van der Waals surface area contributed by atoms with Gasteiger partial charge in [-0.25, -0.2) is 0 Å². The smallest absolute Gasteiger partial charge is 0.171 e. The number of nitrogens with one attached hydrogen (secondary N) is 1. The van der Waals surface area contributed by atoms with Crippen molar-refractivity contribution in [2.45, 2.75) is 52.2 Å². The third kappa shape index (κ3) is 3.47. The summed E-state index contributed by atoms with van der Waals surface area (Å²) in [6, 6.07) is 6.94. The van der Waals surface area contributed by atoms with Crippen LogP contribution >= 0.6 is 0 Å². The van der Waals surface area contributed by atoms with Crippen LogP contribution in [-0.4, -0.2) is 12.6 Å². The van der Waals surface area contributed by atoms with Crippen LogP contribution in [0, 0.1) is 0 Å². The van der Waals surface area contributed by atoms with Gasteiger partial charge < -0.3 is 10.2 Å². The zero-order chi connectivity index (χ0) is 12.8. The average Bonchev–Trinajstić information content (AvgIpc) is 2.83. The third-order valence-corrected chi connectivity index (χ3v) is 3.29. The summed E-state index contributed by atoms with van der Waals surface area (Å²) in [4.78, 5) is 10.0. The van der Waals surface area contributed by atoms with Crippen molar-refractivity contribution < 1.29 is 9.78 Å². The lowest BCUT2D eigenvalue weighted by Crippen LogP contribution is -2.31. The van der Waals surface area contributed by atoms with Crippen LogP contribution in [0.5, 0.6) is 5.75 Å².